The Bertz CT molecular complexity index is 1070. The van der Waals surface area contributed by atoms with Crippen LogP contribution in [0.2, 0.25) is 0 Å². The number of hydrogen-bond donors (Lipinski definition) is 2. The number of carbonyl (C=O) groups is 1. The van der Waals surface area contributed by atoms with Crippen LogP contribution in [0.1, 0.15) is 30.0 Å². The molecule has 0 radical (unpaired) electrons. The van der Waals surface area contributed by atoms with Crippen LogP contribution in [0.25, 0.3) is 0 Å². The van der Waals surface area contributed by atoms with E-state index in [2.05, 4.69) is 17.4 Å². The van der Waals surface area contributed by atoms with Crippen LogP contribution in [0.5, 0.6) is 11.5 Å². The average molecular weight is 460 g/mol. The van der Waals surface area contributed by atoms with Crippen LogP contribution < -0.4 is 20.5 Å². The van der Waals surface area contributed by atoms with E-state index in [-0.39, 0.29) is 11.8 Å². The molecular weight excluding hydrogens is 426 g/mol. The minimum absolute atomic E-state index is 0.0927. The summed E-state index contributed by atoms with van der Waals surface area (Å²) < 4.78 is 11.6. The van der Waals surface area contributed by atoms with Gasteiger partial charge in [0.2, 0.25) is 5.91 Å². The minimum Gasteiger partial charge on any atom is -0.489 e. The molecule has 6 heteroatoms. The first-order chi connectivity index (χ1) is 16.6. The Kier molecular flexibility index (Phi) is 8.04. The number of amides is 1. The predicted molar refractivity (Wildman–Crippen MR) is 134 cm³/mol. The van der Waals surface area contributed by atoms with Crippen molar-refractivity contribution in [2.45, 2.75) is 33.0 Å². The van der Waals surface area contributed by atoms with Crippen molar-refractivity contribution >= 4 is 11.6 Å². The summed E-state index contributed by atoms with van der Waals surface area (Å²) in [5, 5.41) is 3.42. The fourth-order valence-electron chi connectivity index (χ4n) is 4.12. The monoisotopic (exact) mass is 459 g/mol. The summed E-state index contributed by atoms with van der Waals surface area (Å²) in [5.74, 6) is 1.16. The van der Waals surface area contributed by atoms with Crippen molar-refractivity contribution in [2.24, 2.45) is 5.92 Å². The van der Waals surface area contributed by atoms with Gasteiger partial charge < -0.3 is 25.4 Å². The molecule has 0 aromatic heterocycles. The molecule has 3 aromatic carbocycles. The van der Waals surface area contributed by atoms with Gasteiger partial charge in [-0.05, 0) is 28.8 Å². The van der Waals surface area contributed by atoms with Crippen LogP contribution in [0.3, 0.4) is 0 Å². The van der Waals surface area contributed by atoms with Gasteiger partial charge in [0.25, 0.3) is 0 Å². The Hall–Kier alpha value is -3.51. The highest BCUT2D eigenvalue weighted by Gasteiger charge is 2.23. The molecule has 1 amide bonds. The normalized spacial score (nSPS) is 13.7. The van der Waals surface area contributed by atoms with Gasteiger partial charge in [-0.25, -0.2) is 0 Å². The third-order valence-electron chi connectivity index (χ3n) is 5.88. The Morgan fingerprint density at radius 1 is 0.941 bits per heavy atom. The van der Waals surface area contributed by atoms with Crippen molar-refractivity contribution in [1.29, 1.82) is 0 Å². The largest absolute Gasteiger partial charge is 0.489 e. The maximum Gasteiger partial charge on any atom is 0.227 e. The number of ether oxygens (including phenoxy) is 2. The number of anilines is 1. The van der Waals surface area contributed by atoms with Crippen molar-refractivity contribution in [1.82, 2.24) is 10.2 Å². The van der Waals surface area contributed by atoms with E-state index >= 15 is 0 Å². The minimum atomic E-state index is -0.176. The zero-order chi connectivity index (χ0) is 23.8. The first kappa shape index (κ1) is 23.6. The second kappa shape index (κ2) is 11.6. The number of carbonyl (C=O) groups excluding carboxylic acids is 1. The Morgan fingerprint density at radius 3 is 2.32 bits per heavy atom. The molecule has 1 aliphatic heterocycles. The summed E-state index contributed by atoms with van der Waals surface area (Å²) in [5.41, 5.74) is 10.0. The van der Waals surface area contributed by atoms with Gasteiger partial charge in [-0.15, -0.1) is 0 Å². The SMILES string of the molecule is CC(CNCc1ccccc1)C(=O)N(Cc1ccccc1)Cc1cc(N)c2c(c1)OCCCO2. The second-order valence-electron chi connectivity index (χ2n) is 8.76. The fourth-order valence-corrected chi connectivity index (χ4v) is 4.12. The highest BCUT2D eigenvalue weighted by Crippen LogP contribution is 2.37. The van der Waals surface area contributed by atoms with E-state index in [1.807, 2.05) is 72.5 Å². The number of nitrogen functional groups attached to an aromatic ring is 1. The summed E-state index contributed by atoms with van der Waals surface area (Å²) in [6.07, 6.45) is 0.815. The van der Waals surface area contributed by atoms with Gasteiger partial charge in [0.05, 0.1) is 18.9 Å². The number of nitrogens with one attached hydrogen (secondary N) is 1. The van der Waals surface area contributed by atoms with Crippen LogP contribution in [0.15, 0.2) is 72.8 Å². The maximum absolute atomic E-state index is 13.5. The lowest BCUT2D eigenvalue weighted by Crippen LogP contribution is -2.38. The molecule has 6 nitrogen and oxygen atoms in total. The van der Waals surface area contributed by atoms with E-state index < -0.39 is 0 Å². The topological polar surface area (TPSA) is 76.8 Å². The molecule has 34 heavy (non-hydrogen) atoms. The quantitative estimate of drug-likeness (QED) is 0.464. The van der Waals surface area contributed by atoms with Gasteiger partial charge in [-0.1, -0.05) is 67.6 Å². The molecule has 0 bridgehead atoms. The fraction of sp³-hybridized carbons (Fsp3) is 0.321. The van der Waals surface area contributed by atoms with Crippen molar-refractivity contribution in [3.8, 4) is 11.5 Å². The molecule has 0 saturated carbocycles. The molecule has 3 N–H and O–H groups in total. The number of nitrogens with two attached hydrogens (primary N) is 1. The van der Waals surface area contributed by atoms with E-state index in [0.29, 0.717) is 50.0 Å². The average Bonchev–Trinajstić information content (AvgIpc) is 3.10. The van der Waals surface area contributed by atoms with Crippen molar-refractivity contribution in [3.63, 3.8) is 0 Å². The lowest BCUT2D eigenvalue weighted by atomic mass is 10.1. The van der Waals surface area contributed by atoms with Crippen molar-refractivity contribution in [2.75, 3.05) is 25.5 Å². The number of hydrogen-bond acceptors (Lipinski definition) is 5. The van der Waals surface area contributed by atoms with Gasteiger partial charge in [-0.2, -0.15) is 0 Å². The molecule has 0 aliphatic carbocycles. The molecule has 1 aliphatic rings. The standard InChI is InChI=1S/C28H33N3O3/c1-21(17-30-18-22-9-4-2-5-10-22)28(32)31(19-23-11-6-3-7-12-23)20-24-15-25(29)27-26(16-24)33-13-8-14-34-27/h2-7,9-12,15-16,21,30H,8,13-14,17-20,29H2,1H3. The Labute approximate surface area is 201 Å². The van der Waals surface area contributed by atoms with E-state index in [9.17, 15) is 4.79 Å². The Morgan fingerprint density at radius 2 is 1.59 bits per heavy atom. The lowest BCUT2D eigenvalue weighted by Gasteiger charge is -2.27. The van der Waals surface area contributed by atoms with Gasteiger partial charge in [0, 0.05) is 38.5 Å². The molecule has 4 rings (SSSR count). The maximum atomic E-state index is 13.5. The molecule has 1 atom stereocenters. The number of nitrogens with zero attached hydrogens (tertiary/aromatic N) is 1. The van der Waals surface area contributed by atoms with Gasteiger partial charge in [-0.3, -0.25) is 4.79 Å². The van der Waals surface area contributed by atoms with E-state index in [1.54, 1.807) is 0 Å². The first-order valence-corrected chi connectivity index (χ1v) is 11.9. The molecular formula is C28H33N3O3. The molecule has 178 valence electrons. The van der Waals surface area contributed by atoms with Crippen molar-refractivity contribution in [3.05, 3.63) is 89.5 Å². The molecule has 0 saturated heterocycles. The smallest absolute Gasteiger partial charge is 0.227 e. The van der Waals surface area contributed by atoms with Crippen LogP contribution in [-0.2, 0) is 24.4 Å². The number of fused-ring (bicyclic) bond motifs is 1. The van der Waals surface area contributed by atoms with Crippen LogP contribution in [0.4, 0.5) is 5.69 Å². The zero-order valence-electron chi connectivity index (χ0n) is 19.7. The molecule has 1 heterocycles. The van der Waals surface area contributed by atoms with Crippen molar-refractivity contribution < 1.29 is 14.3 Å². The molecule has 0 fully saturated rings. The van der Waals surface area contributed by atoms with E-state index in [4.69, 9.17) is 15.2 Å². The van der Waals surface area contributed by atoms with Gasteiger partial charge in [0.15, 0.2) is 11.5 Å². The van der Waals surface area contributed by atoms with Gasteiger partial charge in [0.1, 0.15) is 0 Å². The highest BCUT2D eigenvalue weighted by atomic mass is 16.5. The van der Waals surface area contributed by atoms with Crippen LogP contribution >= 0.6 is 0 Å². The first-order valence-electron chi connectivity index (χ1n) is 11.9. The summed E-state index contributed by atoms with van der Waals surface area (Å²) in [6.45, 7) is 5.45. The summed E-state index contributed by atoms with van der Waals surface area (Å²) in [7, 11) is 0. The zero-order valence-corrected chi connectivity index (χ0v) is 19.7. The van der Waals surface area contributed by atoms with Crippen LogP contribution in [0, 0.1) is 5.92 Å². The molecule has 0 spiro atoms. The van der Waals surface area contributed by atoms with E-state index in [1.165, 1.54) is 5.56 Å². The third-order valence-corrected chi connectivity index (χ3v) is 5.88. The van der Waals surface area contributed by atoms with E-state index in [0.717, 1.165) is 24.1 Å². The number of rotatable bonds is 9. The molecule has 3 aromatic rings. The van der Waals surface area contributed by atoms with Gasteiger partial charge >= 0.3 is 0 Å². The highest BCUT2D eigenvalue weighted by molar-refractivity contribution is 5.79. The summed E-state index contributed by atoms with van der Waals surface area (Å²) in [6, 6.07) is 24.1. The van der Waals surface area contributed by atoms with Crippen LogP contribution in [-0.4, -0.2) is 30.6 Å². The summed E-state index contributed by atoms with van der Waals surface area (Å²) in [4.78, 5) is 15.4. The second-order valence-corrected chi connectivity index (χ2v) is 8.76. The Balaban J connectivity index is 1.48. The molecule has 1 unspecified atom stereocenters. The lowest BCUT2D eigenvalue weighted by molar-refractivity contribution is -0.136. The predicted octanol–water partition coefficient (Wildman–Crippen LogP) is 4.38. The third kappa shape index (κ3) is 6.29. The summed E-state index contributed by atoms with van der Waals surface area (Å²) >= 11 is 0. The number of benzene rings is 3.